The number of carbonyl (C=O) groups is 2. The Balaban J connectivity index is 0.000000284. The van der Waals surface area contributed by atoms with Gasteiger partial charge >= 0.3 is 0 Å². The number of rotatable bonds is 0. The molecular formula is C12H23ClN2O2. The van der Waals surface area contributed by atoms with Gasteiger partial charge in [-0.3, -0.25) is 9.59 Å². The van der Waals surface area contributed by atoms with E-state index in [9.17, 15) is 9.59 Å². The van der Waals surface area contributed by atoms with Crippen LogP contribution in [0.4, 0.5) is 0 Å². The fourth-order valence-electron chi connectivity index (χ4n) is 1.81. The van der Waals surface area contributed by atoms with E-state index in [-0.39, 0.29) is 12.4 Å². The standard InChI is InChI=1S/2C6H11NO.ClH/c1-7-4-2-6(8)3-5-7;1-7-5-3-2-4-6(7)8;/h2*2-5H2,1H3;1H. The highest BCUT2D eigenvalue weighted by Crippen LogP contribution is 2.06. The molecule has 1 amide bonds. The third-order valence-electron chi connectivity index (χ3n) is 3.10. The molecule has 0 aliphatic carbocycles. The van der Waals surface area contributed by atoms with Gasteiger partial charge in [-0.05, 0) is 19.9 Å². The minimum atomic E-state index is 0. The lowest BCUT2D eigenvalue weighted by molar-refractivity contribution is -0.131. The van der Waals surface area contributed by atoms with Crippen molar-refractivity contribution in [2.45, 2.75) is 32.1 Å². The van der Waals surface area contributed by atoms with Crippen LogP contribution in [-0.4, -0.2) is 55.2 Å². The van der Waals surface area contributed by atoms with Crippen molar-refractivity contribution in [3.05, 3.63) is 0 Å². The SMILES string of the molecule is CN1CCC(=O)CC1.CN1CCCCC1=O.Cl. The molecule has 17 heavy (non-hydrogen) atoms. The second-order valence-electron chi connectivity index (χ2n) is 4.61. The van der Waals surface area contributed by atoms with E-state index in [2.05, 4.69) is 4.90 Å². The van der Waals surface area contributed by atoms with Crippen LogP contribution in [0.15, 0.2) is 0 Å². The fourth-order valence-corrected chi connectivity index (χ4v) is 1.81. The number of Topliss-reactive ketones (excluding diaryl/α,β-unsaturated/α-hetero) is 1. The Bertz CT molecular complexity index is 249. The van der Waals surface area contributed by atoms with E-state index in [1.807, 2.05) is 14.1 Å². The number of amides is 1. The maximum absolute atomic E-state index is 10.7. The molecule has 0 aromatic carbocycles. The zero-order chi connectivity index (χ0) is 12.0. The summed E-state index contributed by atoms with van der Waals surface area (Å²) in [6.07, 6.45) is 4.55. The predicted octanol–water partition coefficient (Wildman–Crippen LogP) is 1.33. The van der Waals surface area contributed by atoms with Crippen molar-refractivity contribution in [3.8, 4) is 0 Å². The molecule has 0 unspecified atom stereocenters. The van der Waals surface area contributed by atoms with Gasteiger partial charge in [0.2, 0.25) is 5.91 Å². The van der Waals surface area contributed by atoms with Gasteiger partial charge in [0.1, 0.15) is 5.78 Å². The second-order valence-corrected chi connectivity index (χ2v) is 4.61. The molecule has 2 fully saturated rings. The van der Waals surface area contributed by atoms with Gasteiger partial charge in [0.15, 0.2) is 0 Å². The van der Waals surface area contributed by atoms with E-state index in [4.69, 9.17) is 0 Å². The molecule has 0 spiro atoms. The molecule has 0 bridgehead atoms. The molecule has 100 valence electrons. The van der Waals surface area contributed by atoms with Crippen LogP contribution in [0, 0.1) is 0 Å². The van der Waals surface area contributed by atoms with Crippen molar-refractivity contribution in [3.63, 3.8) is 0 Å². The largest absolute Gasteiger partial charge is 0.346 e. The molecule has 2 heterocycles. The third kappa shape index (κ3) is 6.64. The van der Waals surface area contributed by atoms with Gasteiger partial charge in [-0.1, -0.05) is 0 Å². The summed E-state index contributed by atoms with van der Waals surface area (Å²) < 4.78 is 0. The highest BCUT2D eigenvalue weighted by molar-refractivity contribution is 5.85. The Morgan fingerprint density at radius 3 is 1.82 bits per heavy atom. The maximum atomic E-state index is 10.7. The normalized spacial score (nSPS) is 21.4. The van der Waals surface area contributed by atoms with Gasteiger partial charge in [-0.15, -0.1) is 12.4 Å². The fraction of sp³-hybridized carbons (Fsp3) is 0.833. The zero-order valence-electron chi connectivity index (χ0n) is 10.8. The number of piperidine rings is 2. The molecule has 2 aliphatic rings. The summed E-state index contributed by atoms with van der Waals surface area (Å²) in [7, 11) is 3.91. The molecule has 4 nitrogen and oxygen atoms in total. The summed E-state index contributed by atoms with van der Waals surface area (Å²) in [5, 5.41) is 0. The van der Waals surface area contributed by atoms with Crippen molar-refractivity contribution in [2.24, 2.45) is 0 Å². The van der Waals surface area contributed by atoms with E-state index in [0.717, 1.165) is 45.3 Å². The van der Waals surface area contributed by atoms with Gasteiger partial charge < -0.3 is 9.80 Å². The molecule has 2 saturated heterocycles. The summed E-state index contributed by atoms with van der Waals surface area (Å²) >= 11 is 0. The van der Waals surface area contributed by atoms with Crippen LogP contribution in [0.2, 0.25) is 0 Å². The van der Waals surface area contributed by atoms with Gasteiger partial charge in [-0.2, -0.15) is 0 Å². The first kappa shape index (κ1) is 16.4. The van der Waals surface area contributed by atoms with Crippen molar-refractivity contribution < 1.29 is 9.59 Å². The molecule has 2 aliphatic heterocycles. The highest BCUT2D eigenvalue weighted by atomic mass is 35.5. The number of likely N-dealkylation sites (tertiary alicyclic amines) is 2. The average Bonchev–Trinajstić information content (AvgIpc) is 2.28. The number of halogens is 1. The molecular weight excluding hydrogens is 240 g/mol. The number of carbonyl (C=O) groups excluding carboxylic acids is 2. The van der Waals surface area contributed by atoms with E-state index >= 15 is 0 Å². The van der Waals surface area contributed by atoms with Crippen LogP contribution in [-0.2, 0) is 9.59 Å². The van der Waals surface area contributed by atoms with Gasteiger partial charge in [-0.25, -0.2) is 0 Å². The topological polar surface area (TPSA) is 40.6 Å². The van der Waals surface area contributed by atoms with Gasteiger partial charge in [0.05, 0.1) is 0 Å². The minimum Gasteiger partial charge on any atom is -0.346 e. The zero-order valence-corrected chi connectivity index (χ0v) is 11.6. The van der Waals surface area contributed by atoms with Crippen LogP contribution < -0.4 is 0 Å². The highest BCUT2D eigenvalue weighted by Gasteiger charge is 2.12. The molecule has 0 saturated carbocycles. The van der Waals surface area contributed by atoms with Crippen LogP contribution >= 0.6 is 12.4 Å². The van der Waals surface area contributed by atoms with Crippen molar-refractivity contribution in [1.82, 2.24) is 9.80 Å². The molecule has 5 heteroatoms. The number of hydrogen-bond acceptors (Lipinski definition) is 3. The Kier molecular flexibility index (Phi) is 8.17. The maximum Gasteiger partial charge on any atom is 0.222 e. The Morgan fingerprint density at radius 2 is 1.47 bits per heavy atom. The lowest BCUT2D eigenvalue weighted by atomic mass is 10.1. The molecule has 0 radical (unpaired) electrons. The molecule has 0 N–H and O–H groups in total. The quantitative estimate of drug-likeness (QED) is 0.661. The first-order valence-corrected chi connectivity index (χ1v) is 6.04. The smallest absolute Gasteiger partial charge is 0.222 e. The number of ketones is 1. The van der Waals surface area contributed by atoms with E-state index < -0.39 is 0 Å². The van der Waals surface area contributed by atoms with Crippen LogP contribution in [0.3, 0.4) is 0 Å². The van der Waals surface area contributed by atoms with Crippen molar-refractivity contribution in [1.29, 1.82) is 0 Å². The Morgan fingerprint density at radius 1 is 0.882 bits per heavy atom. The molecule has 0 aromatic rings. The first-order valence-electron chi connectivity index (χ1n) is 6.04. The van der Waals surface area contributed by atoms with Gasteiger partial charge in [0, 0.05) is 45.9 Å². The average molecular weight is 263 g/mol. The molecule has 0 aromatic heterocycles. The summed E-state index contributed by atoms with van der Waals surface area (Å²) in [6, 6.07) is 0. The monoisotopic (exact) mass is 262 g/mol. The lowest BCUT2D eigenvalue weighted by Crippen LogP contribution is -2.31. The van der Waals surface area contributed by atoms with Crippen molar-refractivity contribution >= 4 is 24.1 Å². The van der Waals surface area contributed by atoms with Crippen LogP contribution in [0.1, 0.15) is 32.1 Å². The second kappa shape index (κ2) is 8.48. The summed E-state index contributed by atoms with van der Waals surface area (Å²) in [6.45, 7) is 2.87. The van der Waals surface area contributed by atoms with E-state index in [1.54, 1.807) is 4.90 Å². The first-order chi connectivity index (χ1) is 7.59. The number of nitrogens with zero attached hydrogens (tertiary/aromatic N) is 2. The predicted molar refractivity (Wildman–Crippen MR) is 70.5 cm³/mol. The van der Waals surface area contributed by atoms with E-state index in [0.29, 0.717) is 11.7 Å². The minimum absolute atomic E-state index is 0. The Hall–Kier alpha value is -0.610. The molecule has 0 atom stereocenters. The summed E-state index contributed by atoms with van der Waals surface area (Å²) in [4.78, 5) is 25.3. The van der Waals surface area contributed by atoms with Crippen LogP contribution in [0.25, 0.3) is 0 Å². The van der Waals surface area contributed by atoms with Crippen LogP contribution in [0.5, 0.6) is 0 Å². The Labute approximate surface area is 110 Å². The molecule has 2 rings (SSSR count). The lowest BCUT2D eigenvalue weighted by Gasteiger charge is -2.21. The van der Waals surface area contributed by atoms with E-state index in [1.165, 1.54) is 6.42 Å². The number of hydrogen-bond donors (Lipinski definition) is 0. The summed E-state index contributed by atoms with van der Waals surface area (Å²) in [5.41, 5.74) is 0. The summed E-state index contributed by atoms with van der Waals surface area (Å²) in [5.74, 6) is 0.722. The third-order valence-corrected chi connectivity index (χ3v) is 3.10. The van der Waals surface area contributed by atoms with Crippen molar-refractivity contribution in [2.75, 3.05) is 33.7 Å². The van der Waals surface area contributed by atoms with Gasteiger partial charge in [0.25, 0.3) is 0 Å².